The summed E-state index contributed by atoms with van der Waals surface area (Å²) in [7, 11) is 0. The maximum absolute atomic E-state index is 6.30. The standard InChI is InChI=1S/C13H19BrClN/c1-5-16-12(13(2,3)4)10-7-6-9(14)8-11(10)15/h6-8,12,16H,5H2,1-4H3. The van der Waals surface area contributed by atoms with Crippen LogP contribution in [0.1, 0.15) is 39.3 Å². The maximum atomic E-state index is 6.30. The van der Waals surface area contributed by atoms with Gasteiger partial charge in [0, 0.05) is 15.5 Å². The predicted molar refractivity (Wildman–Crippen MR) is 75.0 cm³/mol. The number of rotatable bonds is 3. The van der Waals surface area contributed by atoms with E-state index >= 15 is 0 Å². The fraction of sp³-hybridized carbons (Fsp3) is 0.538. The molecule has 0 fully saturated rings. The van der Waals surface area contributed by atoms with Crippen LogP contribution in [0.5, 0.6) is 0 Å². The summed E-state index contributed by atoms with van der Waals surface area (Å²) >= 11 is 9.73. The van der Waals surface area contributed by atoms with Crippen molar-refractivity contribution < 1.29 is 0 Å². The number of nitrogens with one attached hydrogen (secondary N) is 1. The van der Waals surface area contributed by atoms with Gasteiger partial charge < -0.3 is 5.32 Å². The second kappa shape index (κ2) is 5.52. The zero-order valence-electron chi connectivity index (χ0n) is 10.3. The van der Waals surface area contributed by atoms with Gasteiger partial charge in [-0.2, -0.15) is 0 Å². The van der Waals surface area contributed by atoms with Crippen LogP contribution in [0, 0.1) is 5.41 Å². The van der Waals surface area contributed by atoms with Crippen LogP contribution in [0.25, 0.3) is 0 Å². The van der Waals surface area contributed by atoms with Gasteiger partial charge in [-0.25, -0.2) is 0 Å². The second-order valence-corrected chi connectivity index (χ2v) is 6.35. The lowest BCUT2D eigenvalue weighted by Crippen LogP contribution is -2.32. The normalized spacial score (nSPS) is 13.9. The molecule has 1 aromatic carbocycles. The summed E-state index contributed by atoms with van der Waals surface area (Å²) in [5.41, 5.74) is 1.31. The van der Waals surface area contributed by atoms with Crippen LogP contribution in [0.3, 0.4) is 0 Å². The van der Waals surface area contributed by atoms with Crippen LogP contribution in [-0.4, -0.2) is 6.54 Å². The smallest absolute Gasteiger partial charge is 0.0465 e. The van der Waals surface area contributed by atoms with Gasteiger partial charge in [0.25, 0.3) is 0 Å². The summed E-state index contributed by atoms with van der Waals surface area (Å²) in [6.07, 6.45) is 0. The lowest BCUT2D eigenvalue weighted by Gasteiger charge is -2.32. The quantitative estimate of drug-likeness (QED) is 0.846. The van der Waals surface area contributed by atoms with Crippen LogP contribution in [0.4, 0.5) is 0 Å². The minimum Gasteiger partial charge on any atom is -0.310 e. The van der Waals surface area contributed by atoms with Crippen LogP contribution < -0.4 is 5.32 Å². The number of halogens is 2. The zero-order chi connectivity index (χ0) is 12.3. The van der Waals surface area contributed by atoms with Gasteiger partial charge >= 0.3 is 0 Å². The third kappa shape index (κ3) is 3.47. The highest BCUT2D eigenvalue weighted by atomic mass is 79.9. The van der Waals surface area contributed by atoms with E-state index in [1.165, 1.54) is 5.56 Å². The lowest BCUT2D eigenvalue weighted by atomic mass is 9.82. The van der Waals surface area contributed by atoms with E-state index in [9.17, 15) is 0 Å². The lowest BCUT2D eigenvalue weighted by molar-refractivity contribution is 0.277. The highest BCUT2D eigenvalue weighted by Crippen LogP contribution is 2.37. The molecule has 1 rings (SSSR count). The molecule has 16 heavy (non-hydrogen) atoms. The molecule has 1 atom stereocenters. The van der Waals surface area contributed by atoms with Crippen molar-refractivity contribution in [1.29, 1.82) is 0 Å². The van der Waals surface area contributed by atoms with Crippen LogP contribution in [0.2, 0.25) is 5.02 Å². The van der Waals surface area contributed by atoms with E-state index in [2.05, 4.69) is 55.0 Å². The Balaban J connectivity index is 3.11. The first kappa shape index (κ1) is 14.0. The minimum absolute atomic E-state index is 0.146. The molecule has 1 aromatic rings. The molecule has 0 aliphatic carbocycles. The van der Waals surface area contributed by atoms with E-state index in [0.29, 0.717) is 0 Å². The van der Waals surface area contributed by atoms with Gasteiger partial charge in [-0.05, 0) is 29.7 Å². The Bertz CT molecular complexity index is 357. The molecular formula is C13H19BrClN. The zero-order valence-corrected chi connectivity index (χ0v) is 12.6. The molecule has 0 amide bonds. The summed E-state index contributed by atoms with van der Waals surface area (Å²) in [4.78, 5) is 0. The van der Waals surface area contributed by atoms with Crippen molar-refractivity contribution in [2.45, 2.75) is 33.7 Å². The summed E-state index contributed by atoms with van der Waals surface area (Å²) in [5, 5.41) is 4.31. The minimum atomic E-state index is 0.146. The van der Waals surface area contributed by atoms with Gasteiger partial charge in [-0.1, -0.05) is 61.3 Å². The molecule has 0 saturated heterocycles. The number of benzene rings is 1. The van der Waals surface area contributed by atoms with Gasteiger partial charge in [0.1, 0.15) is 0 Å². The van der Waals surface area contributed by atoms with Crippen molar-refractivity contribution in [1.82, 2.24) is 5.32 Å². The Morgan fingerprint density at radius 3 is 2.44 bits per heavy atom. The molecule has 3 heteroatoms. The molecule has 1 unspecified atom stereocenters. The van der Waals surface area contributed by atoms with Crippen LogP contribution >= 0.6 is 27.5 Å². The average Bonchev–Trinajstić information content (AvgIpc) is 2.13. The van der Waals surface area contributed by atoms with Gasteiger partial charge in [-0.15, -0.1) is 0 Å². The van der Waals surface area contributed by atoms with E-state index in [1.54, 1.807) is 0 Å². The second-order valence-electron chi connectivity index (χ2n) is 5.02. The number of hydrogen-bond donors (Lipinski definition) is 1. The Kier molecular flexibility index (Phi) is 4.84. The molecule has 90 valence electrons. The fourth-order valence-corrected chi connectivity index (χ4v) is 2.60. The summed E-state index contributed by atoms with van der Waals surface area (Å²) in [5.74, 6) is 0. The molecule has 0 aromatic heterocycles. The molecule has 0 saturated carbocycles. The van der Waals surface area contributed by atoms with Gasteiger partial charge in [-0.3, -0.25) is 0 Å². The summed E-state index contributed by atoms with van der Waals surface area (Å²) in [6, 6.07) is 6.35. The Labute approximate surface area is 112 Å². The van der Waals surface area contributed by atoms with Crippen molar-refractivity contribution >= 4 is 27.5 Å². The largest absolute Gasteiger partial charge is 0.310 e. The highest BCUT2D eigenvalue weighted by Gasteiger charge is 2.26. The summed E-state index contributed by atoms with van der Waals surface area (Å²) in [6.45, 7) is 9.72. The first-order chi connectivity index (χ1) is 7.36. The van der Waals surface area contributed by atoms with E-state index in [1.807, 2.05) is 12.1 Å². The first-order valence-corrected chi connectivity index (χ1v) is 6.71. The van der Waals surface area contributed by atoms with Crippen molar-refractivity contribution in [2.75, 3.05) is 6.54 Å². The molecule has 0 aliphatic heterocycles. The van der Waals surface area contributed by atoms with Gasteiger partial charge in [0.15, 0.2) is 0 Å². The molecule has 1 N–H and O–H groups in total. The molecule has 0 radical (unpaired) electrons. The Morgan fingerprint density at radius 2 is 2.00 bits per heavy atom. The topological polar surface area (TPSA) is 12.0 Å². The third-order valence-electron chi connectivity index (χ3n) is 2.55. The van der Waals surface area contributed by atoms with Crippen molar-refractivity contribution in [3.05, 3.63) is 33.3 Å². The third-order valence-corrected chi connectivity index (χ3v) is 3.37. The highest BCUT2D eigenvalue weighted by molar-refractivity contribution is 9.10. The molecular weight excluding hydrogens is 286 g/mol. The molecule has 0 aliphatic rings. The van der Waals surface area contributed by atoms with Crippen molar-refractivity contribution in [3.63, 3.8) is 0 Å². The first-order valence-electron chi connectivity index (χ1n) is 5.54. The molecule has 0 bridgehead atoms. The molecule has 0 heterocycles. The van der Waals surface area contributed by atoms with Crippen LogP contribution in [0.15, 0.2) is 22.7 Å². The Hall–Kier alpha value is -0.0500. The number of hydrogen-bond acceptors (Lipinski definition) is 1. The van der Waals surface area contributed by atoms with Crippen molar-refractivity contribution in [2.24, 2.45) is 5.41 Å². The van der Waals surface area contributed by atoms with Gasteiger partial charge in [0.05, 0.1) is 0 Å². The average molecular weight is 305 g/mol. The monoisotopic (exact) mass is 303 g/mol. The fourth-order valence-electron chi connectivity index (χ4n) is 1.82. The van der Waals surface area contributed by atoms with Crippen LogP contribution in [-0.2, 0) is 0 Å². The Morgan fingerprint density at radius 1 is 1.38 bits per heavy atom. The summed E-state index contributed by atoms with van der Waals surface area (Å²) < 4.78 is 1.02. The van der Waals surface area contributed by atoms with E-state index in [0.717, 1.165) is 16.0 Å². The van der Waals surface area contributed by atoms with E-state index in [4.69, 9.17) is 11.6 Å². The van der Waals surface area contributed by atoms with Crippen molar-refractivity contribution in [3.8, 4) is 0 Å². The molecule has 0 spiro atoms. The maximum Gasteiger partial charge on any atom is 0.0465 e. The predicted octanol–water partition coefficient (Wildman–Crippen LogP) is 4.80. The molecule has 1 nitrogen and oxygen atoms in total. The van der Waals surface area contributed by atoms with Gasteiger partial charge in [0.2, 0.25) is 0 Å². The van der Waals surface area contributed by atoms with E-state index < -0.39 is 0 Å². The van der Waals surface area contributed by atoms with E-state index in [-0.39, 0.29) is 11.5 Å². The SMILES string of the molecule is CCNC(c1ccc(Br)cc1Cl)C(C)(C)C.